The Bertz CT molecular complexity index is 2420. The van der Waals surface area contributed by atoms with Gasteiger partial charge in [0.1, 0.15) is 17.8 Å². The van der Waals surface area contributed by atoms with Gasteiger partial charge in [0.25, 0.3) is 0 Å². The average molecular weight is 875 g/mol. The minimum Gasteiger partial charge on any atom is -0.369 e. The van der Waals surface area contributed by atoms with E-state index in [1.807, 2.05) is 30.3 Å². The molecule has 63 heavy (non-hydrogen) atoms. The smallest absolute Gasteiger partial charge is 0.243 e. The predicted molar refractivity (Wildman–Crippen MR) is 246 cm³/mol. The van der Waals surface area contributed by atoms with Crippen molar-refractivity contribution in [1.29, 1.82) is 0 Å². The number of imide groups is 1. The Morgan fingerprint density at radius 2 is 1.68 bits per heavy atom. The summed E-state index contributed by atoms with van der Waals surface area (Å²) in [7, 11) is 1.88. The molecule has 1 aliphatic carbocycles. The van der Waals surface area contributed by atoms with Crippen molar-refractivity contribution in [1.82, 2.24) is 34.6 Å². The molecule has 3 aliphatic heterocycles. The summed E-state index contributed by atoms with van der Waals surface area (Å²) < 4.78 is 16.4. The van der Waals surface area contributed by atoms with Gasteiger partial charge >= 0.3 is 0 Å². The van der Waals surface area contributed by atoms with Crippen molar-refractivity contribution in [3.63, 3.8) is 0 Å². The van der Waals surface area contributed by atoms with Crippen LogP contribution < -0.4 is 15.5 Å². The Labute approximate surface area is 373 Å². The highest BCUT2D eigenvalue weighted by Gasteiger charge is 2.31. The highest BCUT2D eigenvalue weighted by atomic mass is 35.5. The van der Waals surface area contributed by atoms with Gasteiger partial charge in [0.05, 0.1) is 6.04 Å². The largest absolute Gasteiger partial charge is 0.369 e. The van der Waals surface area contributed by atoms with Crippen molar-refractivity contribution in [2.24, 2.45) is 5.92 Å². The number of likely N-dealkylation sites (N-methyl/N-ethyl adjacent to an activating group) is 1. The van der Waals surface area contributed by atoms with Crippen LogP contribution in [0.15, 0.2) is 73.1 Å². The van der Waals surface area contributed by atoms with Gasteiger partial charge in [0.2, 0.25) is 17.8 Å². The molecule has 1 atom stereocenters. The zero-order chi connectivity index (χ0) is 43.5. The third-order valence-corrected chi connectivity index (χ3v) is 13.9. The molecule has 12 nitrogen and oxygen atoms in total. The molecule has 3 aromatic carbocycles. The molecule has 0 radical (unpaired) electrons. The van der Waals surface area contributed by atoms with Crippen LogP contribution in [-0.2, 0) is 22.7 Å². The van der Waals surface area contributed by atoms with E-state index in [9.17, 15) is 18.8 Å². The van der Waals surface area contributed by atoms with Crippen LogP contribution in [0.25, 0.3) is 22.2 Å². The quantitative estimate of drug-likeness (QED) is 0.0886. The standard InChI is InChI=1S/C49H57ClFN9O3/c1-56(45-13-14-46(62)54-48(45)63)30-37-23-42(12-11-36(37)32-61)59-21-19-58(20-22-59)29-34-15-17-57(18-16-34)28-33-7-9-35(10-8-33)44-31-60(41-5-3-2-4-6-41)47-43(44)27-52-49(55-47)53-40-25-38(50)24-39(51)26-40/h7-12,23-27,31-32,34,41,45H,2-6,13-22,28-30H2,1H3,(H,52,53,55)(H,54,62,63). The van der Waals surface area contributed by atoms with Gasteiger partial charge in [-0.15, -0.1) is 0 Å². The number of piperidine rings is 2. The van der Waals surface area contributed by atoms with E-state index in [0.29, 0.717) is 53.6 Å². The van der Waals surface area contributed by atoms with Gasteiger partial charge in [0, 0.05) is 104 Å². The number of carbonyl (C=O) groups excluding carboxylic acids is 3. The molecule has 3 saturated heterocycles. The number of hydrogen-bond donors (Lipinski definition) is 2. The Kier molecular flexibility index (Phi) is 13.2. The fourth-order valence-electron chi connectivity index (χ4n) is 10.2. The minimum absolute atomic E-state index is 0.228. The Balaban J connectivity index is 0.774. The van der Waals surface area contributed by atoms with Gasteiger partial charge in [-0.3, -0.25) is 34.4 Å². The van der Waals surface area contributed by atoms with Gasteiger partial charge in [-0.2, -0.15) is 4.98 Å². The van der Waals surface area contributed by atoms with Gasteiger partial charge in [-0.1, -0.05) is 55.1 Å². The normalized spacial score (nSPS) is 19.8. The predicted octanol–water partition coefficient (Wildman–Crippen LogP) is 8.22. The SMILES string of the molecule is CN(Cc1cc(N2CCN(CC3CCN(Cc4ccc(-c5cn(C6CCCCC6)c6nc(Nc7cc(F)cc(Cl)c7)ncc56)cc4)CC3)CC2)ccc1C=O)C1CCC(=O)NC1=O. The van der Waals surface area contributed by atoms with Gasteiger partial charge in [-0.05, 0) is 111 Å². The fraction of sp³-hybridized carbons (Fsp3) is 0.449. The molecule has 2 aromatic heterocycles. The number of fused-ring (bicyclic) bond motifs is 1. The van der Waals surface area contributed by atoms with Crippen molar-refractivity contribution in [2.75, 3.05) is 63.1 Å². The molecule has 9 rings (SSSR count). The summed E-state index contributed by atoms with van der Waals surface area (Å²) in [6, 6.07) is 19.4. The molecule has 0 bridgehead atoms. The van der Waals surface area contributed by atoms with Crippen LogP contribution in [0.1, 0.15) is 85.3 Å². The van der Waals surface area contributed by atoms with E-state index in [1.165, 1.54) is 49.8 Å². The van der Waals surface area contributed by atoms with E-state index in [-0.39, 0.29) is 11.8 Å². The summed E-state index contributed by atoms with van der Waals surface area (Å²) in [4.78, 5) is 55.2. The molecule has 5 heterocycles. The number of anilines is 3. The van der Waals surface area contributed by atoms with E-state index in [1.54, 1.807) is 6.07 Å². The molecule has 5 aromatic rings. The van der Waals surface area contributed by atoms with Gasteiger partial charge in [0.15, 0.2) is 0 Å². The van der Waals surface area contributed by atoms with Crippen molar-refractivity contribution < 1.29 is 18.8 Å². The first-order valence-corrected chi connectivity index (χ1v) is 23.1. The number of amides is 2. The Morgan fingerprint density at radius 1 is 0.905 bits per heavy atom. The van der Waals surface area contributed by atoms with E-state index in [4.69, 9.17) is 16.6 Å². The maximum absolute atomic E-state index is 14.1. The first-order chi connectivity index (χ1) is 30.6. The van der Waals surface area contributed by atoms with Crippen LogP contribution in [0.2, 0.25) is 5.02 Å². The van der Waals surface area contributed by atoms with Gasteiger partial charge < -0.3 is 14.8 Å². The molecule has 0 spiro atoms. The zero-order valence-corrected chi connectivity index (χ0v) is 36.8. The lowest BCUT2D eigenvalue weighted by molar-refractivity contribution is -0.137. The fourth-order valence-corrected chi connectivity index (χ4v) is 10.4. The average Bonchev–Trinajstić information content (AvgIpc) is 3.66. The number of nitrogens with one attached hydrogen (secondary N) is 2. The van der Waals surface area contributed by atoms with E-state index in [0.717, 1.165) is 105 Å². The van der Waals surface area contributed by atoms with Crippen molar-refractivity contribution in [3.05, 3.63) is 101 Å². The van der Waals surface area contributed by atoms with Crippen LogP contribution in [-0.4, -0.2) is 106 Å². The minimum atomic E-state index is -0.414. The summed E-state index contributed by atoms with van der Waals surface area (Å²) in [5.74, 6) is 0.185. The molecular formula is C49H57ClFN9O3. The first-order valence-electron chi connectivity index (χ1n) is 22.7. The van der Waals surface area contributed by atoms with Crippen LogP contribution in [0.4, 0.5) is 21.7 Å². The maximum atomic E-state index is 14.1. The summed E-state index contributed by atoms with van der Waals surface area (Å²) in [5, 5.41) is 6.92. The lowest BCUT2D eigenvalue weighted by Gasteiger charge is -2.40. The molecule has 4 fully saturated rings. The second kappa shape index (κ2) is 19.3. The lowest BCUT2D eigenvalue weighted by Crippen LogP contribution is -2.51. The number of hydrogen-bond acceptors (Lipinski definition) is 10. The second-order valence-electron chi connectivity index (χ2n) is 18.0. The summed E-state index contributed by atoms with van der Waals surface area (Å²) in [6.07, 6.45) is 14.2. The Morgan fingerprint density at radius 3 is 2.41 bits per heavy atom. The number of halogens is 2. The highest BCUT2D eigenvalue weighted by Crippen LogP contribution is 2.37. The number of benzene rings is 3. The number of aromatic nitrogens is 3. The summed E-state index contributed by atoms with van der Waals surface area (Å²) in [6.45, 7) is 8.56. The molecule has 2 N–H and O–H groups in total. The number of piperazine rings is 1. The number of rotatable bonds is 13. The summed E-state index contributed by atoms with van der Waals surface area (Å²) >= 11 is 6.12. The van der Waals surface area contributed by atoms with Crippen molar-refractivity contribution >= 4 is 58.1 Å². The maximum Gasteiger partial charge on any atom is 0.243 e. The molecule has 2 amide bonds. The number of carbonyl (C=O) groups is 3. The molecular weight excluding hydrogens is 817 g/mol. The molecule has 1 unspecified atom stereocenters. The van der Waals surface area contributed by atoms with E-state index in [2.05, 4.69) is 71.4 Å². The Hall–Kier alpha value is -5.21. The monoisotopic (exact) mass is 873 g/mol. The van der Waals surface area contributed by atoms with E-state index >= 15 is 0 Å². The zero-order valence-electron chi connectivity index (χ0n) is 36.1. The third kappa shape index (κ3) is 10.1. The lowest BCUT2D eigenvalue weighted by atomic mass is 9.95. The summed E-state index contributed by atoms with van der Waals surface area (Å²) in [5.41, 5.74) is 7.61. The topological polar surface area (TPSA) is 119 Å². The molecule has 330 valence electrons. The third-order valence-electron chi connectivity index (χ3n) is 13.7. The molecule has 14 heteroatoms. The highest BCUT2D eigenvalue weighted by molar-refractivity contribution is 6.30. The van der Waals surface area contributed by atoms with E-state index < -0.39 is 11.9 Å². The number of aldehydes is 1. The van der Waals surface area contributed by atoms with Crippen molar-refractivity contribution in [3.8, 4) is 11.1 Å². The second-order valence-corrected chi connectivity index (χ2v) is 18.5. The number of likely N-dealkylation sites (tertiary alicyclic amines) is 1. The van der Waals surface area contributed by atoms with Crippen LogP contribution in [0, 0.1) is 11.7 Å². The number of nitrogens with zero attached hydrogens (tertiary/aromatic N) is 7. The van der Waals surface area contributed by atoms with Crippen LogP contribution in [0.5, 0.6) is 0 Å². The van der Waals surface area contributed by atoms with Crippen LogP contribution in [0.3, 0.4) is 0 Å². The van der Waals surface area contributed by atoms with Crippen molar-refractivity contribution in [2.45, 2.75) is 83.0 Å². The molecule has 1 saturated carbocycles. The molecule has 4 aliphatic rings. The van der Waals surface area contributed by atoms with Crippen LogP contribution >= 0.6 is 11.6 Å². The van der Waals surface area contributed by atoms with Gasteiger partial charge in [-0.25, -0.2) is 9.37 Å². The first kappa shape index (κ1) is 43.1.